The average molecular weight is 233 g/mol. The van der Waals surface area contributed by atoms with Gasteiger partial charge in [-0.1, -0.05) is 25.1 Å². The van der Waals surface area contributed by atoms with Crippen molar-refractivity contribution >= 4 is 0 Å². The van der Waals surface area contributed by atoms with E-state index in [1.54, 1.807) is 6.07 Å². The molecule has 0 bridgehead atoms. The number of aromatic nitrogens is 2. The van der Waals surface area contributed by atoms with Crippen molar-refractivity contribution in [2.24, 2.45) is 0 Å². The van der Waals surface area contributed by atoms with E-state index in [1.165, 1.54) is 6.07 Å². The Morgan fingerprint density at radius 1 is 1.29 bits per heavy atom. The van der Waals surface area contributed by atoms with Crippen molar-refractivity contribution in [1.82, 2.24) is 4.57 Å². The van der Waals surface area contributed by atoms with Crippen LogP contribution < -0.4 is 4.57 Å². The Kier molecular flexibility index (Phi) is 3.57. The van der Waals surface area contributed by atoms with Gasteiger partial charge in [0.2, 0.25) is 0 Å². The molecule has 0 saturated carbocycles. The first kappa shape index (κ1) is 11.8. The van der Waals surface area contributed by atoms with Crippen molar-refractivity contribution in [1.29, 1.82) is 0 Å². The van der Waals surface area contributed by atoms with Gasteiger partial charge in [0.1, 0.15) is 24.8 Å². The number of nitrogens with zero attached hydrogens (tertiary/aromatic N) is 2. The summed E-state index contributed by atoms with van der Waals surface area (Å²) in [6.45, 7) is 5.82. The van der Waals surface area contributed by atoms with Gasteiger partial charge in [-0.25, -0.2) is 13.5 Å². The van der Waals surface area contributed by atoms with Crippen LogP contribution in [0.25, 0.3) is 0 Å². The SMILES string of the molecule is CCCn1cc[n+](Cc2ccccc2F)c1C. The Labute approximate surface area is 101 Å². The molecule has 0 aliphatic rings. The maximum absolute atomic E-state index is 13.5. The molecule has 0 saturated heterocycles. The smallest absolute Gasteiger partial charge is 0.234 e. The highest BCUT2D eigenvalue weighted by Crippen LogP contribution is 2.06. The molecule has 3 heteroatoms. The van der Waals surface area contributed by atoms with Gasteiger partial charge >= 0.3 is 0 Å². The molecule has 0 aliphatic carbocycles. The van der Waals surface area contributed by atoms with E-state index >= 15 is 0 Å². The minimum atomic E-state index is -0.136. The molecular weight excluding hydrogens is 215 g/mol. The summed E-state index contributed by atoms with van der Waals surface area (Å²) in [6.07, 6.45) is 5.17. The van der Waals surface area contributed by atoms with Gasteiger partial charge in [-0.05, 0) is 12.5 Å². The van der Waals surface area contributed by atoms with Crippen LogP contribution in [0.5, 0.6) is 0 Å². The molecule has 0 spiro atoms. The molecule has 1 heterocycles. The molecule has 2 nitrogen and oxygen atoms in total. The maximum atomic E-state index is 13.5. The Balaban J connectivity index is 2.22. The second-order valence-electron chi connectivity index (χ2n) is 4.26. The predicted molar refractivity (Wildman–Crippen MR) is 65.2 cm³/mol. The third-order valence-electron chi connectivity index (χ3n) is 3.02. The monoisotopic (exact) mass is 233 g/mol. The van der Waals surface area contributed by atoms with Crippen LogP contribution in [0.1, 0.15) is 24.7 Å². The predicted octanol–water partition coefficient (Wildman–Crippen LogP) is 2.68. The highest BCUT2D eigenvalue weighted by molar-refractivity contribution is 5.16. The highest BCUT2D eigenvalue weighted by Gasteiger charge is 2.13. The lowest BCUT2D eigenvalue weighted by Crippen LogP contribution is -2.36. The van der Waals surface area contributed by atoms with Crippen LogP contribution in [-0.4, -0.2) is 4.57 Å². The third-order valence-corrected chi connectivity index (χ3v) is 3.02. The van der Waals surface area contributed by atoms with Crippen molar-refractivity contribution in [3.8, 4) is 0 Å². The molecule has 0 fully saturated rings. The molecule has 1 aromatic heterocycles. The summed E-state index contributed by atoms with van der Waals surface area (Å²) >= 11 is 0. The first-order chi connectivity index (χ1) is 8.22. The minimum absolute atomic E-state index is 0.136. The molecule has 0 amide bonds. The second kappa shape index (κ2) is 5.13. The highest BCUT2D eigenvalue weighted by atomic mass is 19.1. The normalized spacial score (nSPS) is 10.8. The van der Waals surface area contributed by atoms with E-state index in [1.807, 2.05) is 18.3 Å². The van der Waals surface area contributed by atoms with E-state index < -0.39 is 0 Å². The van der Waals surface area contributed by atoms with E-state index in [0.717, 1.165) is 24.4 Å². The molecule has 0 radical (unpaired) electrons. The van der Waals surface area contributed by atoms with Gasteiger partial charge < -0.3 is 0 Å². The zero-order chi connectivity index (χ0) is 12.3. The van der Waals surface area contributed by atoms with Gasteiger partial charge in [0.05, 0.1) is 6.54 Å². The summed E-state index contributed by atoms with van der Waals surface area (Å²) in [6, 6.07) is 6.93. The Bertz CT molecular complexity index is 503. The van der Waals surface area contributed by atoms with Crippen LogP contribution in [0.4, 0.5) is 4.39 Å². The minimum Gasteiger partial charge on any atom is -0.234 e. The summed E-state index contributed by atoms with van der Waals surface area (Å²) in [7, 11) is 0. The average Bonchev–Trinajstić information content (AvgIpc) is 2.65. The molecule has 0 N–H and O–H groups in total. The lowest BCUT2D eigenvalue weighted by atomic mass is 10.2. The van der Waals surface area contributed by atoms with Crippen molar-refractivity contribution in [3.05, 3.63) is 53.9 Å². The van der Waals surface area contributed by atoms with E-state index in [-0.39, 0.29) is 5.82 Å². The van der Waals surface area contributed by atoms with Crippen LogP contribution in [0, 0.1) is 12.7 Å². The second-order valence-corrected chi connectivity index (χ2v) is 4.26. The standard InChI is InChI=1S/C14H18FN2/c1-3-8-16-9-10-17(12(16)2)11-13-6-4-5-7-14(13)15/h4-7,9-10H,3,8,11H2,1-2H3/q+1. The summed E-state index contributed by atoms with van der Waals surface area (Å²) in [5.74, 6) is 1.03. The van der Waals surface area contributed by atoms with Gasteiger partial charge in [0.15, 0.2) is 0 Å². The molecule has 2 aromatic rings. The van der Waals surface area contributed by atoms with Crippen LogP contribution in [0.15, 0.2) is 36.7 Å². The molecule has 17 heavy (non-hydrogen) atoms. The van der Waals surface area contributed by atoms with Crippen LogP contribution in [0.2, 0.25) is 0 Å². The molecule has 0 atom stereocenters. The lowest BCUT2D eigenvalue weighted by molar-refractivity contribution is -0.694. The summed E-state index contributed by atoms with van der Waals surface area (Å²) in [5.41, 5.74) is 0.731. The fourth-order valence-electron chi connectivity index (χ4n) is 2.00. The number of imidazole rings is 1. The fourth-order valence-corrected chi connectivity index (χ4v) is 2.00. The van der Waals surface area contributed by atoms with Gasteiger partial charge in [0, 0.05) is 12.5 Å². The van der Waals surface area contributed by atoms with Crippen molar-refractivity contribution in [3.63, 3.8) is 0 Å². The van der Waals surface area contributed by atoms with Gasteiger partial charge in [-0.15, -0.1) is 0 Å². The number of benzene rings is 1. The Morgan fingerprint density at radius 3 is 2.76 bits per heavy atom. The number of hydrogen-bond donors (Lipinski definition) is 0. The number of rotatable bonds is 4. The van der Waals surface area contributed by atoms with Gasteiger partial charge in [-0.3, -0.25) is 0 Å². The van der Waals surface area contributed by atoms with Crippen LogP contribution in [-0.2, 0) is 13.1 Å². The zero-order valence-electron chi connectivity index (χ0n) is 10.4. The Morgan fingerprint density at radius 2 is 2.06 bits per heavy atom. The zero-order valence-corrected chi connectivity index (χ0v) is 10.4. The maximum Gasteiger partial charge on any atom is 0.253 e. The molecular formula is C14H18FN2+. The lowest BCUT2D eigenvalue weighted by Gasteiger charge is -2.02. The van der Waals surface area contributed by atoms with E-state index in [4.69, 9.17) is 0 Å². The molecule has 90 valence electrons. The van der Waals surface area contributed by atoms with Crippen LogP contribution in [0.3, 0.4) is 0 Å². The molecule has 0 aliphatic heterocycles. The van der Waals surface area contributed by atoms with Gasteiger partial charge in [0.25, 0.3) is 5.82 Å². The van der Waals surface area contributed by atoms with Crippen molar-refractivity contribution in [2.75, 3.05) is 0 Å². The van der Waals surface area contributed by atoms with Crippen LogP contribution >= 0.6 is 0 Å². The molecule has 1 aromatic carbocycles. The quantitative estimate of drug-likeness (QED) is 0.718. The molecule has 0 unspecified atom stereocenters. The number of hydrogen-bond acceptors (Lipinski definition) is 0. The van der Waals surface area contributed by atoms with Crippen molar-refractivity contribution < 1.29 is 8.96 Å². The summed E-state index contributed by atoms with van der Waals surface area (Å²) in [5, 5.41) is 0. The van der Waals surface area contributed by atoms with Gasteiger partial charge in [-0.2, -0.15) is 0 Å². The Hall–Kier alpha value is -1.64. The van der Waals surface area contributed by atoms with E-state index in [2.05, 4.69) is 29.2 Å². The third kappa shape index (κ3) is 2.54. The number of aryl methyl sites for hydroxylation is 1. The van der Waals surface area contributed by atoms with Crippen molar-refractivity contribution in [2.45, 2.75) is 33.4 Å². The molecule has 2 rings (SSSR count). The fraction of sp³-hybridized carbons (Fsp3) is 0.357. The topological polar surface area (TPSA) is 8.81 Å². The largest absolute Gasteiger partial charge is 0.253 e. The number of halogens is 1. The summed E-state index contributed by atoms with van der Waals surface area (Å²) in [4.78, 5) is 0. The first-order valence-corrected chi connectivity index (χ1v) is 6.01. The summed E-state index contributed by atoms with van der Waals surface area (Å²) < 4.78 is 17.8. The van der Waals surface area contributed by atoms with E-state index in [0.29, 0.717) is 6.54 Å². The first-order valence-electron chi connectivity index (χ1n) is 6.01. The van der Waals surface area contributed by atoms with E-state index in [9.17, 15) is 4.39 Å².